The molecule has 162 valence electrons. The fourth-order valence-corrected chi connectivity index (χ4v) is 3.73. The smallest absolute Gasteiger partial charge is 0.368 e. The number of aromatic nitrogens is 2. The highest BCUT2D eigenvalue weighted by Gasteiger charge is 2.31. The molecule has 2 aromatic carbocycles. The van der Waals surface area contributed by atoms with Crippen LogP contribution in [0.4, 0.5) is 18.9 Å². The largest absolute Gasteiger partial charge is 0.416 e. The van der Waals surface area contributed by atoms with Crippen molar-refractivity contribution in [3.8, 4) is 0 Å². The Hall–Kier alpha value is -3.36. The molecule has 0 bridgehead atoms. The van der Waals surface area contributed by atoms with Crippen LogP contribution in [0, 0.1) is 0 Å². The highest BCUT2D eigenvalue weighted by molar-refractivity contribution is 5.78. The quantitative estimate of drug-likeness (QED) is 0.638. The lowest BCUT2D eigenvalue weighted by Gasteiger charge is -2.36. The molecule has 9 heteroatoms. The molecule has 0 aliphatic carbocycles. The molecule has 1 aliphatic rings. The van der Waals surface area contributed by atoms with Crippen molar-refractivity contribution in [1.29, 1.82) is 0 Å². The molecule has 6 nitrogen and oxygen atoms in total. The zero-order chi connectivity index (χ0) is 22.0. The van der Waals surface area contributed by atoms with Gasteiger partial charge in [0.25, 0.3) is 5.56 Å². The minimum absolute atomic E-state index is 0.0937. The van der Waals surface area contributed by atoms with Gasteiger partial charge in [-0.25, -0.2) is 4.98 Å². The number of fused-ring (bicyclic) bond motifs is 1. The summed E-state index contributed by atoms with van der Waals surface area (Å²) in [5, 5.41) is 0.507. The zero-order valence-corrected chi connectivity index (χ0v) is 16.7. The van der Waals surface area contributed by atoms with Crippen LogP contribution < -0.4 is 10.5 Å². The van der Waals surface area contributed by atoms with Gasteiger partial charge in [-0.05, 0) is 30.3 Å². The summed E-state index contributed by atoms with van der Waals surface area (Å²) in [6, 6.07) is 12.3. The summed E-state index contributed by atoms with van der Waals surface area (Å²) in [6.45, 7) is 1.96. The lowest BCUT2D eigenvalue weighted by atomic mass is 10.1. The number of alkyl halides is 3. The maximum absolute atomic E-state index is 12.9. The number of carbonyl (C=O) groups is 1. The lowest BCUT2D eigenvalue weighted by molar-refractivity contribution is -0.137. The van der Waals surface area contributed by atoms with Gasteiger partial charge in [-0.2, -0.15) is 13.2 Å². The van der Waals surface area contributed by atoms with E-state index in [1.54, 1.807) is 29.2 Å². The van der Waals surface area contributed by atoms with Crippen LogP contribution in [-0.2, 0) is 17.5 Å². The number of nitrogens with zero attached hydrogens (tertiary/aromatic N) is 4. The second-order valence-corrected chi connectivity index (χ2v) is 7.43. The molecule has 0 radical (unpaired) electrons. The van der Waals surface area contributed by atoms with E-state index in [-0.39, 0.29) is 24.4 Å². The molecule has 31 heavy (non-hydrogen) atoms. The molecule has 1 fully saturated rings. The number of para-hydroxylation sites is 1. The fraction of sp³-hybridized carbons (Fsp3) is 0.318. The summed E-state index contributed by atoms with van der Waals surface area (Å²) in [4.78, 5) is 32.9. The number of amides is 1. The van der Waals surface area contributed by atoms with Crippen molar-refractivity contribution in [1.82, 2.24) is 14.5 Å². The Morgan fingerprint density at radius 1 is 1.00 bits per heavy atom. The molecule has 3 aromatic rings. The maximum atomic E-state index is 12.9. The minimum atomic E-state index is -4.39. The van der Waals surface area contributed by atoms with Crippen molar-refractivity contribution in [2.75, 3.05) is 31.1 Å². The van der Waals surface area contributed by atoms with Crippen molar-refractivity contribution < 1.29 is 18.0 Å². The molecule has 2 heterocycles. The van der Waals surface area contributed by atoms with E-state index in [4.69, 9.17) is 0 Å². The predicted octanol–water partition coefficient (Wildman–Crippen LogP) is 3.15. The van der Waals surface area contributed by atoms with Gasteiger partial charge in [-0.15, -0.1) is 0 Å². The number of hydrogen-bond acceptors (Lipinski definition) is 4. The van der Waals surface area contributed by atoms with Crippen LogP contribution in [0.1, 0.15) is 12.0 Å². The van der Waals surface area contributed by atoms with Crippen LogP contribution in [0.25, 0.3) is 10.9 Å². The molecule has 0 unspecified atom stereocenters. The lowest BCUT2D eigenvalue weighted by Crippen LogP contribution is -2.49. The van der Waals surface area contributed by atoms with Crippen molar-refractivity contribution in [2.45, 2.75) is 19.1 Å². The number of carbonyl (C=O) groups excluding carboxylic acids is 1. The number of halogens is 3. The van der Waals surface area contributed by atoms with E-state index >= 15 is 0 Å². The zero-order valence-electron chi connectivity index (χ0n) is 16.7. The van der Waals surface area contributed by atoms with Crippen molar-refractivity contribution in [2.24, 2.45) is 0 Å². The Bertz CT molecular complexity index is 1150. The van der Waals surface area contributed by atoms with Gasteiger partial charge in [0.05, 0.1) is 22.8 Å². The third kappa shape index (κ3) is 4.55. The molecule has 0 N–H and O–H groups in total. The van der Waals surface area contributed by atoms with Gasteiger partial charge >= 0.3 is 6.18 Å². The Kier molecular flexibility index (Phi) is 5.67. The van der Waals surface area contributed by atoms with E-state index in [0.717, 1.165) is 12.1 Å². The summed E-state index contributed by atoms with van der Waals surface area (Å²) in [5.74, 6) is -0.0937. The molecule has 1 aliphatic heterocycles. The number of hydrogen-bond donors (Lipinski definition) is 0. The highest BCUT2D eigenvalue weighted by atomic mass is 19.4. The van der Waals surface area contributed by atoms with E-state index in [0.29, 0.717) is 42.8 Å². The molecule has 1 amide bonds. The van der Waals surface area contributed by atoms with E-state index < -0.39 is 11.7 Å². The van der Waals surface area contributed by atoms with Gasteiger partial charge in [0.1, 0.15) is 0 Å². The van der Waals surface area contributed by atoms with E-state index in [1.165, 1.54) is 17.0 Å². The third-order valence-corrected chi connectivity index (χ3v) is 5.47. The van der Waals surface area contributed by atoms with Crippen molar-refractivity contribution in [3.63, 3.8) is 0 Å². The molecule has 0 atom stereocenters. The standard InChI is InChI=1S/C22H21F3N4O2/c23-22(24,25)16-4-3-5-17(14-16)27-10-12-28(13-11-27)20(30)8-9-29-15-26-19-7-2-1-6-18(19)21(29)31/h1-7,14-15H,8-13H2. The van der Waals surface area contributed by atoms with E-state index in [9.17, 15) is 22.8 Å². The summed E-state index contributed by atoms with van der Waals surface area (Å²) in [6.07, 6.45) is -2.78. The fourth-order valence-electron chi connectivity index (χ4n) is 3.73. The van der Waals surface area contributed by atoms with Crippen LogP contribution in [0.5, 0.6) is 0 Å². The van der Waals surface area contributed by atoms with Crippen molar-refractivity contribution in [3.05, 3.63) is 70.8 Å². The number of benzene rings is 2. The molecule has 0 spiro atoms. The second-order valence-electron chi connectivity index (χ2n) is 7.43. The normalized spacial score (nSPS) is 14.8. The Balaban J connectivity index is 1.35. The second kappa shape index (κ2) is 8.41. The van der Waals surface area contributed by atoms with Gasteiger partial charge in [-0.1, -0.05) is 18.2 Å². The summed E-state index contributed by atoms with van der Waals surface area (Å²) < 4.78 is 40.3. The van der Waals surface area contributed by atoms with Crippen LogP contribution in [0.3, 0.4) is 0 Å². The Morgan fingerprint density at radius 2 is 1.74 bits per heavy atom. The van der Waals surface area contributed by atoms with Gasteiger partial charge in [0.2, 0.25) is 5.91 Å². The third-order valence-electron chi connectivity index (χ3n) is 5.47. The Morgan fingerprint density at radius 3 is 2.48 bits per heavy atom. The Labute approximate surface area is 176 Å². The molecular weight excluding hydrogens is 409 g/mol. The summed E-state index contributed by atoms with van der Waals surface area (Å²) in [7, 11) is 0. The van der Waals surface area contributed by atoms with Crippen LogP contribution in [-0.4, -0.2) is 46.5 Å². The number of piperazine rings is 1. The molecule has 4 rings (SSSR count). The first-order chi connectivity index (χ1) is 14.8. The number of rotatable bonds is 4. The van der Waals surface area contributed by atoms with Crippen LogP contribution >= 0.6 is 0 Å². The molecule has 0 saturated carbocycles. The first-order valence-corrected chi connectivity index (χ1v) is 9.97. The number of aryl methyl sites for hydroxylation is 1. The molecular formula is C22H21F3N4O2. The summed E-state index contributed by atoms with van der Waals surface area (Å²) >= 11 is 0. The van der Waals surface area contributed by atoms with Gasteiger partial charge in [-0.3, -0.25) is 14.2 Å². The highest BCUT2D eigenvalue weighted by Crippen LogP contribution is 2.31. The summed E-state index contributed by atoms with van der Waals surface area (Å²) in [5.41, 5.74) is 0.238. The average Bonchev–Trinajstić information content (AvgIpc) is 2.78. The van der Waals surface area contributed by atoms with E-state index in [2.05, 4.69) is 4.98 Å². The van der Waals surface area contributed by atoms with Gasteiger partial charge < -0.3 is 9.80 Å². The first-order valence-electron chi connectivity index (χ1n) is 9.97. The molecule has 1 saturated heterocycles. The predicted molar refractivity (Wildman–Crippen MR) is 111 cm³/mol. The topological polar surface area (TPSA) is 58.4 Å². The van der Waals surface area contributed by atoms with Crippen LogP contribution in [0.15, 0.2) is 59.7 Å². The van der Waals surface area contributed by atoms with Crippen LogP contribution in [0.2, 0.25) is 0 Å². The first kappa shape index (κ1) is 20.9. The SMILES string of the molecule is O=C(CCn1cnc2ccccc2c1=O)N1CCN(c2cccc(C(F)(F)F)c2)CC1. The maximum Gasteiger partial charge on any atom is 0.416 e. The van der Waals surface area contributed by atoms with Crippen molar-refractivity contribution >= 4 is 22.5 Å². The van der Waals surface area contributed by atoms with Gasteiger partial charge in [0, 0.05) is 44.8 Å². The minimum Gasteiger partial charge on any atom is -0.368 e. The molecule has 1 aromatic heterocycles. The monoisotopic (exact) mass is 430 g/mol. The number of anilines is 1. The van der Waals surface area contributed by atoms with E-state index in [1.807, 2.05) is 11.0 Å². The van der Waals surface area contributed by atoms with Gasteiger partial charge in [0.15, 0.2) is 0 Å². The average molecular weight is 430 g/mol.